The van der Waals surface area contributed by atoms with Crippen LogP contribution >= 0.6 is 0 Å². The maximum atomic E-state index is 12.0. The molecule has 108 valence electrons. The lowest BCUT2D eigenvalue weighted by Crippen LogP contribution is -2.33. The van der Waals surface area contributed by atoms with Crippen LogP contribution in [0.2, 0.25) is 0 Å². The minimum absolute atomic E-state index is 0.0210. The molecule has 0 aliphatic heterocycles. The van der Waals surface area contributed by atoms with Gasteiger partial charge in [0.25, 0.3) is 0 Å². The Morgan fingerprint density at radius 3 is 2.21 bits per heavy atom. The van der Waals surface area contributed by atoms with Crippen molar-refractivity contribution >= 4 is 10.0 Å². The first-order chi connectivity index (χ1) is 8.74. The fraction of sp³-hybridized carbons (Fsp3) is 0.455. The summed E-state index contributed by atoms with van der Waals surface area (Å²) in [6.45, 7) is -1.57. The average Bonchev–Trinajstić information content (AvgIpc) is 2.34. The van der Waals surface area contributed by atoms with Gasteiger partial charge in [0.15, 0.2) is 0 Å². The molecular weight excluding hydrogens is 283 g/mol. The predicted molar refractivity (Wildman–Crippen MR) is 63.1 cm³/mol. The van der Waals surface area contributed by atoms with E-state index in [1.54, 1.807) is 0 Å². The van der Waals surface area contributed by atoms with E-state index in [2.05, 4.69) is 0 Å². The molecule has 0 fully saturated rings. The third-order valence-electron chi connectivity index (χ3n) is 2.32. The zero-order valence-electron chi connectivity index (χ0n) is 9.94. The molecule has 8 heteroatoms. The first-order valence-electron chi connectivity index (χ1n) is 5.51. The minimum Gasteiger partial charge on any atom is -0.396 e. The van der Waals surface area contributed by atoms with Gasteiger partial charge in [-0.1, -0.05) is 12.1 Å². The summed E-state index contributed by atoms with van der Waals surface area (Å²) in [5, 5.41) is 8.65. The summed E-state index contributed by atoms with van der Waals surface area (Å²) in [5.41, 5.74) is 0.809. The second kappa shape index (κ2) is 6.36. The number of sulfonamides is 1. The van der Waals surface area contributed by atoms with Gasteiger partial charge in [-0.15, -0.1) is 0 Å². The van der Waals surface area contributed by atoms with E-state index in [0.29, 0.717) is 12.8 Å². The van der Waals surface area contributed by atoms with Gasteiger partial charge < -0.3 is 5.11 Å². The third-order valence-corrected chi connectivity index (χ3v) is 3.74. The molecule has 0 spiro atoms. The van der Waals surface area contributed by atoms with Crippen LogP contribution < -0.4 is 4.72 Å². The van der Waals surface area contributed by atoms with Crippen LogP contribution in [0.3, 0.4) is 0 Å². The van der Waals surface area contributed by atoms with Crippen molar-refractivity contribution in [3.05, 3.63) is 29.8 Å². The highest BCUT2D eigenvalue weighted by molar-refractivity contribution is 7.89. The van der Waals surface area contributed by atoms with Crippen LogP contribution in [0.25, 0.3) is 0 Å². The summed E-state index contributed by atoms with van der Waals surface area (Å²) in [5.74, 6) is 0. The Balaban J connectivity index is 2.73. The van der Waals surface area contributed by atoms with E-state index in [4.69, 9.17) is 5.11 Å². The Kier molecular flexibility index (Phi) is 5.33. The van der Waals surface area contributed by atoms with Gasteiger partial charge >= 0.3 is 6.18 Å². The van der Waals surface area contributed by atoms with Crippen molar-refractivity contribution < 1.29 is 26.7 Å². The highest BCUT2D eigenvalue weighted by Crippen LogP contribution is 2.16. The highest BCUT2D eigenvalue weighted by Gasteiger charge is 2.29. The molecule has 19 heavy (non-hydrogen) atoms. The van der Waals surface area contributed by atoms with Crippen LogP contribution in [0.5, 0.6) is 0 Å². The van der Waals surface area contributed by atoms with Gasteiger partial charge in [-0.2, -0.15) is 13.2 Å². The minimum atomic E-state index is -4.59. The molecule has 0 radical (unpaired) electrons. The maximum absolute atomic E-state index is 12.0. The molecule has 0 amide bonds. The van der Waals surface area contributed by atoms with Crippen LogP contribution in [-0.2, 0) is 16.4 Å². The van der Waals surface area contributed by atoms with Gasteiger partial charge in [-0.3, -0.25) is 0 Å². The van der Waals surface area contributed by atoms with Crippen LogP contribution in [0.15, 0.2) is 29.2 Å². The van der Waals surface area contributed by atoms with Crippen molar-refractivity contribution in [3.63, 3.8) is 0 Å². The topological polar surface area (TPSA) is 66.4 Å². The summed E-state index contributed by atoms with van der Waals surface area (Å²) in [7, 11) is -4.15. The number of benzene rings is 1. The fourth-order valence-electron chi connectivity index (χ4n) is 1.38. The number of hydrogen-bond acceptors (Lipinski definition) is 3. The Morgan fingerprint density at radius 2 is 1.74 bits per heavy atom. The van der Waals surface area contributed by atoms with E-state index in [0.717, 1.165) is 5.56 Å². The van der Waals surface area contributed by atoms with Crippen molar-refractivity contribution in [3.8, 4) is 0 Å². The second-order valence-electron chi connectivity index (χ2n) is 3.91. The number of alkyl halides is 3. The van der Waals surface area contributed by atoms with Crippen LogP contribution in [-0.4, -0.2) is 32.9 Å². The number of aryl methyl sites for hydroxylation is 1. The molecule has 0 unspecified atom stereocenters. The Labute approximate surface area is 109 Å². The van der Waals surface area contributed by atoms with Crippen molar-refractivity contribution in [1.82, 2.24) is 4.72 Å². The quantitative estimate of drug-likeness (QED) is 0.835. The Bertz CT molecular complexity index is 497. The lowest BCUT2D eigenvalue weighted by Gasteiger charge is -2.09. The van der Waals surface area contributed by atoms with E-state index in [9.17, 15) is 21.6 Å². The fourth-order valence-corrected chi connectivity index (χ4v) is 2.39. The normalized spacial score (nSPS) is 12.6. The lowest BCUT2D eigenvalue weighted by molar-refractivity contribution is -0.121. The average molecular weight is 297 g/mol. The molecule has 4 nitrogen and oxygen atoms in total. The van der Waals surface area contributed by atoms with Gasteiger partial charge in [0, 0.05) is 6.61 Å². The monoisotopic (exact) mass is 297 g/mol. The number of aliphatic hydroxyl groups is 1. The predicted octanol–water partition coefficient (Wildman–Crippen LogP) is 1.45. The summed E-state index contributed by atoms with van der Waals surface area (Å²) < 4.78 is 60.5. The molecule has 0 bridgehead atoms. The van der Waals surface area contributed by atoms with E-state index >= 15 is 0 Å². The molecule has 0 aliphatic carbocycles. The molecule has 1 aromatic carbocycles. The van der Waals surface area contributed by atoms with Crippen molar-refractivity contribution in [2.75, 3.05) is 13.2 Å². The number of halogens is 3. The summed E-state index contributed by atoms with van der Waals surface area (Å²) >= 11 is 0. The number of aliphatic hydroxyl groups excluding tert-OH is 1. The van der Waals surface area contributed by atoms with E-state index in [1.165, 1.54) is 29.0 Å². The first-order valence-corrected chi connectivity index (χ1v) is 6.99. The van der Waals surface area contributed by atoms with E-state index in [1.807, 2.05) is 0 Å². The number of rotatable bonds is 6. The van der Waals surface area contributed by atoms with E-state index in [-0.39, 0.29) is 11.5 Å². The second-order valence-corrected chi connectivity index (χ2v) is 5.68. The van der Waals surface area contributed by atoms with Gasteiger partial charge in [-0.05, 0) is 30.5 Å². The van der Waals surface area contributed by atoms with Crippen molar-refractivity contribution in [1.29, 1.82) is 0 Å². The Morgan fingerprint density at radius 1 is 1.16 bits per heavy atom. The summed E-state index contributed by atoms with van der Waals surface area (Å²) in [6.07, 6.45) is -3.47. The summed E-state index contributed by atoms with van der Waals surface area (Å²) in [6, 6.07) is 5.51. The zero-order chi connectivity index (χ0) is 14.5. The van der Waals surface area contributed by atoms with E-state index < -0.39 is 22.7 Å². The van der Waals surface area contributed by atoms with Gasteiger partial charge in [-0.25, -0.2) is 13.1 Å². The maximum Gasteiger partial charge on any atom is 0.402 e. The third kappa shape index (κ3) is 5.58. The number of hydrogen-bond donors (Lipinski definition) is 2. The van der Waals surface area contributed by atoms with Crippen molar-refractivity contribution in [2.24, 2.45) is 0 Å². The molecule has 0 heterocycles. The lowest BCUT2D eigenvalue weighted by atomic mass is 10.1. The highest BCUT2D eigenvalue weighted by atomic mass is 32.2. The first kappa shape index (κ1) is 15.9. The van der Waals surface area contributed by atoms with Crippen LogP contribution in [0.1, 0.15) is 12.0 Å². The zero-order valence-corrected chi connectivity index (χ0v) is 10.8. The standard InChI is InChI=1S/C11H14F3NO3S/c12-11(13,14)8-15-19(17,18)10-5-3-9(4-6-10)2-1-7-16/h3-6,15-16H,1-2,7-8H2. The Hall–Kier alpha value is -1.12. The molecule has 0 atom stereocenters. The largest absolute Gasteiger partial charge is 0.402 e. The van der Waals surface area contributed by atoms with Crippen LogP contribution in [0, 0.1) is 0 Å². The molecule has 0 saturated heterocycles. The molecule has 1 rings (SSSR count). The molecule has 0 aromatic heterocycles. The summed E-state index contributed by atoms with van der Waals surface area (Å²) in [4.78, 5) is -0.218. The van der Waals surface area contributed by atoms with Crippen molar-refractivity contribution in [2.45, 2.75) is 23.9 Å². The smallest absolute Gasteiger partial charge is 0.396 e. The van der Waals surface area contributed by atoms with Crippen LogP contribution in [0.4, 0.5) is 13.2 Å². The van der Waals surface area contributed by atoms with Gasteiger partial charge in [0.2, 0.25) is 10.0 Å². The van der Waals surface area contributed by atoms with Gasteiger partial charge in [0.05, 0.1) is 4.90 Å². The molecule has 0 saturated carbocycles. The SMILES string of the molecule is O=S(=O)(NCC(F)(F)F)c1ccc(CCCO)cc1. The van der Waals surface area contributed by atoms with Gasteiger partial charge in [0.1, 0.15) is 6.54 Å². The molecule has 1 aromatic rings. The molecule has 0 aliphatic rings. The number of nitrogens with one attached hydrogen (secondary N) is 1. The molecule has 2 N–H and O–H groups in total. The molecular formula is C11H14F3NO3S.